The monoisotopic (exact) mass is 358 g/mol. The normalized spacial score (nSPS) is 12.4. The Morgan fingerprint density at radius 3 is 2.22 bits per heavy atom. The summed E-state index contributed by atoms with van der Waals surface area (Å²) in [6, 6.07) is 16.0. The summed E-state index contributed by atoms with van der Waals surface area (Å²) in [6.07, 6.45) is 0. The van der Waals surface area contributed by atoms with Crippen LogP contribution >= 0.6 is 0 Å². The number of hydrogen-bond acceptors (Lipinski definition) is 5. The van der Waals surface area contributed by atoms with E-state index in [1.54, 1.807) is 37.4 Å². The maximum atomic E-state index is 13.2. The van der Waals surface area contributed by atoms with E-state index in [1.807, 2.05) is 31.2 Å². The van der Waals surface area contributed by atoms with Crippen LogP contribution in [0.25, 0.3) is 0 Å². The largest absolute Gasteiger partial charge is 0.497 e. The third-order valence-corrected chi connectivity index (χ3v) is 4.79. The second-order valence-electron chi connectivity index (χ2n) is 6.47. The summed E-state index contributed by atoms with van der Waals surface area (Å²) in [6.45, 7) is 1.82. The van der Waals surface area contributed by atoms with Gasteiger partial charge in [-0.1, -0.05) is 30.3 Å². The molecule has 1 aliphatic carbocycles. The summed E-state index contributed by atoms with van der Waals surface area (Å²) in [5.41, 5.74) is 9.94. The summed E-state index contributed by atoms with van der Waals surface area (Å²) < 4.78 is 5.25. The van der Waals surface area contributed by atoms with Crippen molar-refractivity contribution in [1.29, 1.82) is 0 Å². The van der Waals surface area contributed by atoms with Crippen LogP contribution in [0.1, 0.15) is 37.4 Å². The van der Waals surface area contributed by atoms with Gasteiger partial charge < -0.3 is 15.8 Å². The first-order valence-electron chi connectivity index (χ1n) is 8.54. The number of carbonyl (C=O) groups excluding carboxylic acids is 2. The molecule has 0 saturated heterocycles. The number of aryl methyl sites for hydroxylation is 1. The molecule has 5 nitrogen and oxygen atoms in total. The average molecular weight is 358 g/mol. The fourth-order valence-electron chi connectivity index (χ4n) is 3.41. The highest BCUT2D eigenvalue weighted by Crippen LogP contribution is 2.38. The van der Waals surface area contributed by atoms with Gasteiger partial charge in [0.05, 0.1) is 23.9 Å². The minimum Gasteiger partial charge on any atom is -0.497 e. The van der Waals surface area contributed by atoms with E-state index in [9.17, 15) is 9.59 Å². The number of ether oxygens (including phenoxy) is 1. The number of ketones is 2. The molecule has 4 rings (SSSR count). The molecule has 3 aromatic carbocycles. The van der Waals surface area contributed by atoms with Crippen molar-refractivity contribution in [3.63, 3.8) is 0 Å². The number of fused-ring (bicyclic) bond motifs is 2. The van der Waals surface area contributed by atoms with Gasteiger partial charge in [0.1, 0.15) is 5.75 Å². The predicted molar refractivity (Wildman–Crippen MR) is 105 cm³/mol. The molecule has 1 aliphatic rings. The fraction of sp³-hybridized carbons (Fsp3) is 0.0909. The van der Waals surface area contributed by atoms with Gasteiger partial charge in [-0.2, -0.15) is 0 Å². The van der Waals surface area contributed by atoms with Crippen molar-refractivity contribution in [2.75, 3.05) is 18.2 Å². The molecule has 0 atom stereocenters. The standard InChI is InChI=1S/C22H18N2O3/c1-12-10-17(24-13-6-5-7-14(11-13)27-2)18-19(20(12)23)22(26)16-9-4-3-8-15(16)21(18)25/h3-11,24H,23H2,1-2H3. The molecule has 0 bridgehead atoms. The first kappa shape index (κ1) is 16.8. The second kappa shape index (κ2) is 6.29. The molecule has 3 aromatic rings. The molecule has 0 radical (unpaired) electrons. The molecule has 5 heteroatoms. The van der Waals surface area contributed by atoms with Crippen LogP contribution in [0.5, 0.6) is 5.75 Å². The Kier molecular flexibility index (Phi) is 3.92. The summed E-state index contributed by atoms with van der Waals surface area (Å²) in [7, 11) is 1.59. The first-order chi connectivity index (χ1) is 13.0. The first-order valence-corrected chi connectivity index (χ1v) is 8.54. The Bertz CT molecular complexity index is 1100. The molecule has 134 valence electrons. The zero-order valence-electron chi connectivity index (χ0n) is 15.0. The number of nitrogen functional groups attached to an aromatic ring is 1. The number of methoxy groups -OCH3 is 1. The van der Waals surface area contributed by atoms with Crippen molar-refractivity contribution in [2.45, 2.75) is 6.92 Å². The highest BCUT2D eigenvalue weighted by Gasteiger charge is 2.34. The van der Waals surface area contributed by atoms with E-state index in [0.717, 1.165) is 11.3 Å². The molecule has 27 heavy (non-hydrogen) atoms. The molecule has 0 spiro atoms. The van der Waals surface area contributed by atoms with Crippen LogP contribution in [0.3, 0.4) is 0 Å². The Hall–Kier alpha value is -3.60. The van der Waals surface area contributed by atoms with Gasteiger partial charge >= 0.3 is 0 Å². The lowest BCUT2D eigenvalue weighted by molar-refractivity contribution is 0.0980. The van der Waals surface area contributed by atoms with E-state index in [2.05, 4.69) is 5.32 Å². The molecular formula is C22H18N2O3. The molecule has 0 fully saturated rings. The maximum Gasteiger partial charge on any atom is 0.196 e. The molecule has 0 unspecified atom stereocenters. The Labute approximate surface area is 156 Å². The molecule has 0 aromatic heterocycles. The topological polar surface area (TPSA) is 81.4 Å². The van der Waals surface area contributed by atoms with Crippen LogP contribution in [0.4, 0.5) is 17.1 Å². The summed E-state index contributed by atoms with van der Waals surface area (Å²) in [4.78, 5) is 26.2. The molecular weight excluding hydrogens is 340 g/mol. The van der Waals surface area contributed by atoms with Crippen molar-refractivity contribution < 1.29 is 14.3 Å². The lowest BCUT2D eigenvalue weighted by atomic mass is 9.81. The third kappa shape index (κ3) is 2.64. The van der Waals surface area contributed by atoms with Gasteiger partial charge in [-0.3, -0.25) is 9.59 Å². The van der Waals surface area contributed by atoms with Crippen LogP contribution < -0.4 is 15.8 Å². The summed E-state index contributed by atoms with van der Waals surface area (Å²) in [5, 5.41) is 3.25. The lowest BCUT2D eigenvalue weighted by Crippen LogP contribution is -2.24. The van der Waals surface area contributed by atoms with E-state index >= 15 is 0 Å². The quantitative estimate of drug-likeness (QED) is 0.539. The number of carbonyl (C=O) groups is 2. The van der Waals surface area contributed by atoms with Gasteiger partial charge in [0, 0.05) is 28.6 Å². The molecule has 0 amide bonds. The number of benzene rings is 3. The fourth-order valence-corrected chi connectivity index (χ4v) is 3.41. The molecule has 0 heterocycles. The number of rotatable bonds is 3. The van der Waals surface area contributed by atoms with Gasteiger partial charge in [-0.25, -0.2) is 0 Å². The van der Waals surface area contributed by atoms with E-state index in [4.69, 9.17) is 10.5 Å². The summed E-state index contributed by atoms with van der Waals surface area (Å²) in [5.74, 6) is 0.251. The van der Waals surface area contributed by atoms with Crippen molar-refractivity contribution in [2.24, 2.45) is 0 Å². The van der Waals surface area contributed by atoms with Gasteiger partial charge in [0.2, 0.25) is 0 Å². The number of nitrogens with two attached hydrogens (primary N) is 1. The van der Waals surface area contributed by atoms with E-state index < -0.39 is 0 Å². The van der Waals surface area contributed by atoms with Gasteiger partial charge in [-0.15, -0.1) is 0 Å². The smallest absolute Gasteiger partial charge is 0.196 e. The van der Waals surface area contributed by atoms with Crippen molar-refractivity contribution in [3.8, 4) is 5.75 Å². The zero-order chi connectivity index (χ0) is 19.1. The zero-order valence-corrected chi connectivity index (χ0v) is 15.0. The van der Waals surface area contributed by atoms with Crippen LogP contribution in [0.15, 0.2) is 54.6 Å². The summed E-state index contributed by atoms with van der Waals surface area (Å²) >= 11 is 0. The number of hydrogen-bond donors (Lipinski definition) is 2. The lowest BCUT2D eigenvalue weighted by Gasteiger charge is -2.23. The van der Waals surface area contributed by atoms with Crippen molar-refractivity contribution in [3.05, 3.63) is 82.4 Å². The Morgan fingerprint density at radius 2 is 1.56 bits per heavy atom. The molecule has 0 aliphatic heterocycles. The minimum absolute atomic E-state index is 0.211. The van der Waals surface area contributed by atoms with Crippen LogP contribution in [-0.4, -0.2) is 18.7 Å². The number of nitrogens with one attached hydrogen (secondary N) is 1. The molecule has 3 N–H and O–H groups in total. The highest BCUT2D eigenvalue weighted by molar-refractivity contribution is 6.32. The second-order valence-corrected chi connectivity index (χ2v) is 6.47. The Balaban J connectivity index is 1.91. The number of anilines is 3. The van der Waals surface area contributed by atoms with Gasteiger partial charge in [0.25, 0.3) is 0 Å². The van der Waals surface area contributed by atoms with Crippen LogP contribution in [0, 0.1) is 6.92 Å². The van der Waals surface area contributed by atoms with Crippen LogP contribution in [0.2, 0.25) is 0 Å². The predicted octanol–water partition coefficient (Wildman–Crippen LogP) is 4.10. The molecule has 0 saturated carbocycles. The van der Waals surface area contributed by atoms with Crippen molar-refractivity contribution in [1.82, 2.24) is 0 Å². The van der Waals surface area contributed by atoms with E-state index in [0.29, 0.717) is 33.8 Å². The SMILES string of the molecule is COc1cccc(Nc2cc(C)c(N)c3c2C(=O)c2ccccc2C3=O)c1. The van der Waals surface area contributed by atoms with Gasteiger partial charge in [0.15, 0.2) is 11.6 Å². The maximum absolute atomic E-state index is 13.2. The van der Waals surface area contributed by atoms with Gasteiger partial charge in [-0.05, 0) is 30.7 Å². The van der Waals surface area contributed by atoms with E-state index in [1.165, 1.54) is 0 Å². The minimum atomic E-state index is -0.227. The third-order valence-electron chi connectivity index (χ3n) is 4.79. The highest BCUT2D eigenvalue weighted by atomic mass is 16.5. The Morgan fingerprint density at radius 1 is 0.889 bits per heavy atom. The van der Waals surface area contributed by atoms with Crippen LogP contribution in [-0.2, 0) is 0 Å². The van der Waals surface area contributed by atoms with E-state index in [-0.39, 0.29) is 17.1 Å². The average Bonchev–Trinajstić information content (AvgIpc) is 2.69. The van der Waals surface area contributed by atoms with Crippen molar-refractivity contribution >= 4 is 28.6 Å².